The van der Waals surface area contributed by atoms with Crippen LogP contribution in [0.2, 0.25) is 0 Å². The van der Waals surface area contributed by atoms with Gasteiger partial charge in [-0.25, -0.2) is 0 Å². The Morgan fingerprint density at radius 2 is 1.68 bits per heavy atom. The summed E-state index contributed by atoms with van der Waals surface area (Å²) in [5.74, 6) is 2.11. The molecule has 1 aromatic carbocycles. The molecule has 0 aromatic heterocycles. The van der Waals surface area contributed by atoms with Gasteiger partial charge in [0, 0.05) is 19.0 Å². The normalized spacial score (nSPS) is 24.6. The van der Waals surface area contributed by atoms with Gasteiger partial charge < -0.3 is 10.2 Å². The number of hydrogen-bond acceptors (Lipinski definition) is 2. The van der Waals surface area contributed by atoms with Crippen molar-refractivity contribution in [2.45, 2.75) is 51.4 Å². The summed E-state index contributed by atoms with van der Waals surface area (Å²) in [7, 11) is 0. The molecule has 140 valence electrons. The first kappa shape index (κ1) is 20.3. The summed E-state index contributed by atoms with van der Waals surface area (Å²) in [5, 5.41) is 3.44. The molecule has 0 atom stereocenters. The molecule has 0 unspecified atom stereocenters. The predicted molar refractivity (Wildman–Crippen MR) is 106 cm³/mol. The van der Waals surface area contributed by atoms with Crippen molar-refractivity contribution in [1.82, 2.24) is 10.2 Å². The Morgan fingerprint density at radius 1 is 1.04 bits per heavy atom. The Bertz CT molecular complexity index is 506. The van der Waals surface area contributed by atoms with E-state index < -0.39 is 0 Å². The average molecular weight is 365 g/mol. The number of nitrogens with one attached hydrogen (secondary N) is 1. The molecule has 1 N–H and O–H groups in total. The van der Waals surface area contributed by atoms with E-state index in [9.17, 15) is 4.79 Å². The lowest BCUT2D eigenvalue weighted by Crippen LogP contribution is -2.44. The van der Waals surface area contributed by atoms with Crippen molar-refractivity contribution < 1.29 is 4.79 Å². The van der Waals surface area contributed by atoms with E-state index in [2.05, 4.69) is 47.5 Å². The van der Waals surface area contributed by atoms with Crippen LogP contribution in [0.5, 0.6) is 0 Å². The summed E-state index contributed by atoms with van der Waals surface area (Å²) in [6, 6.07) is 10.8. The van der Waals surface area contributed by atoms with E-state index in [0.29, 0.717) is 11.8 Å². The molecule has 1 amide bonds. The Hall–Kier alpha value is -1.06. The smallest absolute Gasteiger partial charge is 0.225 e. The zero-order valence-corrected chi connectivity index (χ0v) is 16.3. The van der Waals surface area contributed by atoms with Crippen molar-refractivity contribution in [2.24, 2.45) is 11.8 Å². The Balaban J connectivity index is 0.00000225. The molecular formula is C21H33ClN2O. The van der Waals surface area contributed by atoms with Crippen molar-refractivity contribution in [3.05, 3.63) is 35.9 Å². The van der Waals surface area contributed by atoms with Gasteiger partial charge in [0.15, 0.2) is 0 Å². The minimum atomic E-state index is 0. The molecule has 25 heavy (non-hydrogen) atoms. The molecule has 1 saturated carbocycles. The molecule has 0 spiro atoms. The highest BCUT2D eigenvalue weighted by molar-refractivity contribution is 5.85. The van der Waals surface area contributed by atoms with Crippen molar-refractivity contribution in [1.29, 1.82) is 0 Å². The summed E-state index contributed by atoms with van der Waals surface area (Å²) < 4.78 is 0. The first-order chi connectivity index (χ1) is 11.8. The second kappa shape index (κ2) is 10.2. The van der Waals surface area contributed by atoms with Crippen molar-refractivity contribution in [3.63, 3.8) is 0 Å². The number of piperidine rings is 1. The van der Waals surface area contributed by atoms with Gasteiger partial charge >= 0.3 is 0 Å². The highest BCUT2D eigenvalue weighted by Gasteiger charge is 2.31. The van der Waals surface area contributed by atoms with Crippen molar-refractivity contribution in [3.8, 4) is 0 Å². The lowest BCUT2D eigenvalue weighted by atomic mass is 9.78. The molecule has 0 radical (unpaired) electrons. The first-order valence-corrected chi connectivity index (χ1v) is 9.82. The van der Waals surface area contributed by atoms with Gasteiger partial charge in [-0.05, 0) is 69.0 Å². The van der Waals surface area contributed by atoms with Gasteiger partial charge in [0.25, 0.3) is 0 Å². The highest BCUT2D eigenvalue weighted by Crippen LogP contribution is 2.36. The monoisotopic (exact) mass is 364 g/mol. The Kier molecular flexibility index (Phi) is 8.25. The fraction of sp³-hybridized carbons (Fsp3) is 0.667. The maximum Gasteiger partial charge on any atom is 0.225 e. The van der Waals surface area contributed by atoms with Gasteiger partial charge in [0.1, 0.15) is 0 Å². The number of benzene rings is 1. The SMILES string of the molecule is CCNCC1CCN(C(=O)C2CCC(c3ccccc3)CC2)CC1.Cl. The van der Waals surface area contributed by atoms with Crippen LogP contribution in [0.1, 0.15) is 56.9 Å². The number of halogens is 1. The lowest BCUT2D eigenvalue weighted by Gasteiger charge is -2.36. The van der Waals surface area contributed by atoms with E-state index >= 15 is 0 Å². The second-order valence-electron chi connectivity index (χ2n) is 7.54. The summed E-state index contributed by atoms with van der Waals surface area (Å²) in [6.45, 7) is 6.25. The molecule has 1 aliphatic heterocycles. The van der Waals surface area contributed by atoms with E-state index in [4.69, 9.17) is 0 Å². The standard InChI is InChI=1S/C21H32N2O.ClH/c1-2-22-16-17-12-14-23(15-13-17)21(24)20-10-8-19(9-11-20)18-6-4-3-5-7-18;/h3-7,17,19-20,22H,2,8-16H2,1H3;1H. The molecule has 1 aliphatic carbocycles. The first-order valence-electron chi connectivity index (χ1n) is 9.82. The minimum absolute atomic E-state index is 0. The Morgan fingerprint density at radius 3 is 2.28 bits per heavy atom. The van der Waals surface area contributed by atoms with E-state index in [0.717, 1.165) is 70.6 Å². The third-order valence-electron chi connectivity index (χ3n) is 5.96. The molecular weight excluding hydrogens is 332 g/mol. The van der Waals surface area contributed by atoms with Crippen molar-refractivity contribution >= 4 is 18.3 Å². The molecule has 3 rings (SSSR count). The maximum absolute atomic E-state index is 12.8. The van der Waals surface area contributed by atoms with Crippen LogP contribution in [-0.4, -0.2) is 37.0 Å². The number of carbonyl (C=O) groups excluding carboxylic acids is 1. The van der Waals surface area contributed by atoms with Gasteiger partial charge in [-0.2, -0.15) is 0 Å². The topological polar surface area (TPSA) is 32.3 Å². The van der Waals surface area contributed by atoms with Crippen molar-refractivity contribution in [2.75, 3.05) is 26.2 Å². The number of hydrogen-bond donors (Lipinski definition) is 1. The molecule has 4 heteroatoms. The molecule has 1 heterocycles. The van der Waals surface area contributed by atoms with Crippen LogP contribution in [0.25, 0.3) is 0 Å². The summed E-state index contributed by atoms with van der Waals surface area (Å²) in [6.07, 6.45) is 6.79. The van der Waals surface area contributed by atoms with Crippen LogP contribution >= 0.6 is 12.4 Å². The van der Waals surface area contributed by atoms with Gasteiger partial charge in [-0.1, -0.05) is 37.3 Å². The minimum Gasteiger partial charge on any atom is -0.342 e. The third kappa shape index (κ3) is 5.46. The quantitative estimate of drug-likeness (QED) is 0.847. The van der Waals surface area contributed by atoms with Gasteiger partial charge in [0.05, 0.1) is 0 Å². The fourth-order valence-electron chi connectivity index (χ4n) is 4.36. The van der Waals surface area contributed by atoms with E-state index in [1.165, 1.54) is 5.56 Å². The average Bonchev–Trinajstić information content (AvgIpc) is 2.67. The molecule has 2 fully saturated rings. The Labute approximate surface area is 159 Å². The molecule has 0 bridgehead atoms. The van der Waals surface area contributed by atoms with Crippen LogP contribution in [0.4, 0.5) is 0 Å². The molecule has 3 nitrogen and oxygen atoms in total. The summed E-state index contributed by atoms with van der Waals surface area (Å²) in [5.41, 5.74) is 1.45. The lowest BCUT2D eigenvalue weighted by molar-refractivity contribution is -0.138. The zero-order valence-electron chi connectivity index (χ0n) is 15.5. The van der Waals surface area contributed by atoms with Gasteiger partial charge in [0.2, 0.25) is 5.91 Å². The number of likely N-dealkylation sites (tertiary alicyclic amines) is 1. The number of amides is 1. The second-order valence-corrected chi connectivity index (χ2v) is 7.54. The summed E-state index contributed by atoms with van der Waals surface area (Å²) in [4.78, 5) is 15.0. The largest absolute Gasteiger partial charge is 0.342 e. The molecule has 2 aliphatic rings. The van der Waals surface area contributed by atoms with E-state index in [1.54, 1.807) is 0 Å². The number of carbonyl (C=O) groups is 1. The van der Waals surface area contributed by atoms with Crippen LogP contribution in [0.3, 0.4) is 0 Å². The van der Waals surface area contributed by atoms with Crippen LogP contribution < -0.4 is 5.32 Å². The van der Waals surface area contributed by atoms with E-state index in [1.807, 2.05) is 0 Å². The van der Waals surface area contributed by atoms with Gasteiger partial charge in [-0.3, -0.25) is 4.79 Å². The van der Waals surface area contributed by atoms with Gasteiger partial charge in [-0.15, -0.1) is 12.4 Å². The number of nitrogens with zero attached hydrogens (tertiary/aromatic N) is 1. The number of rotatable bonds is 5. The third-order valence-corrected chi connectivity index (χ3v) is 5.96. The zero-order chi connectivity index (χ0) is 16.8. The molecule has 1 aromatic rings. The maximum atomic E-state index is 12.8. The van der Waals surface area contributed by atoms with Crippen LogP contribution in [0, 0.1) is 11.8 Å². The van der Waals surface area contributed by atoms with E-state index in [-0.39, 0.29) is 18.3 Å². The van der Waals surface area contributed by atoms with Crippen LogP contribution in [-0.2, 0) is 4.79 Å². The fourth-order valence-corrected chi connectivity index (χ4v) is 4.36. The summed E-state index contributed by atoms with van der Waals surface area (Å²) >= 11 is 0. The molecule has 1 saturated heterocycles. The predicted octanol–water partition coefficient (Wildman–Crippen LogP) is 4.23. The highest BCUT2D eigenvalue weighted by atomic mass is 35.5. The van der Waals surface area contributed by atoms with Crippen LogP contribution in [0.15, 0.2) is 30.3 Å².